The number of anilines is 1. The first kappa shape index (κ1) is 11.7. The van der Waals surface area contributed by atoms with Crippen LogP contribution in [0.1, 0.15) is 0 Å². The highest BCUT2D eigenvalue weighted by Crippen LogP contribution is 2.29. The van der Waals surface area contributed by atoms with Crippen LogP contribution in [0.3, 0.4) is 0 Å². The van der Waals surface area contributed by atoms with Gasteiger partial charge < -0.3 is 20.1 Å². The molecule has 0 aliphatic carbocycles. The first-order chi connectivity index (χ1) is 8.24. The minimum Gasteiger partial charge on any atom is -0.497 e. The third kappa shape index (κ3) is 2.50. The number of amides is 1. The lowest BCUT2D eigenvalue weighted by Gasteiger charge is -2.26. The van der Waals surface area contributed by atoms with Crippen molar-refractivity contribution in [2.75, 3.05) is 32.6 Å². The molecule has 1 aliphatic rings. The van der Waals surface area contributed by atoms with Gasteiger partial charge in [0, 0.05) is 19.2 Å². The Kier molecular flexibility index (Phi) is 3.49. The van der Waals surface area contributed by atoms with Crippen molar-refractivity contribution in [3.05, 3.63) is 18.2 Å². The quantitative estimate of drug-likeness (QED) is 0.814. The molecule has 5 heteroatoms. The van der Waals surface area contributed by atoms with Crippen molar-refractivity contribution in [3.8, 4) is 11.5 Å². The van der Waals surface area contributed by atoms with E-state index in [1.165, 1.54) is 0 Å². The van der Waals surface area contributed by atoms with Crippen LogP contribution in [-0.4, -0.2) is 33.2 Å². The van der Waals surface area contributed by atoms with E-state index in [2.05, 4.69) is 10.6 Å². The third-order valence-electron chi connectivity index (χ3n) is 2.82. The van der Waals surface area contributed by atoms with Crippen LogP contribution in [-0.2, 0) is 4.79 Å². The predicted molar refractivity (Wildman–Crippen MR) is 64.5 cm³/mol. The Bertz CT molecular complexity index is 416. The average molecular weight is 236 g/mol. The molecule has 0 radical (unpaired) electrons. The Morgan fingerprint density at radius 1 is 1.35 bits per heavy atom. The van der Waals surface area contributed by atoms with E-state index >= 15 is 0 Å². The molecule has 1 aromatic rings. The summed E-state index contributed by atoms with van der Waals surface area (Å²) < 4.78 is 10.3. The molecule has 1 heterocycles. The van der Waals surface area contributed by atoms with Gasteiger partial charge in [0.25, 0.3) is 0 Å². The van der Waals surface area contributed by atoms with Crippen LogP contribution in [0, 0.1) is 5.92 Å². The molecule has 0 saturated carbocycles. The normalized spacial score (nSPS) is 14.9. The summed E-state index contributed by atoms with van der Waals surface area (Å²) >= 11 is 0. The fourth-order valence-corrected chi connectivity index (χ4v) is 1.61. The minimum atomic E-state index is 0.0206. The van der Waals surface area contributed by atoms with Crippen LogP contribution in [0.25, 0.3) is 0 Å². The third-order valence-corrected chi connectivity index (χ3v) is 2.82. The van der Waals surface area contributed by atoms with Crippen molar-refractivity contribution in [1.82, 2.24) is 5.32 Å². The summed E-state index contributed by atoms with van der Waals surface area (Å²) in [5.74, 6) is 1.38. The van der Waals surface area contributed by atoms with Crippen LogP contribution in [0.5, 0.6) is 11.5 Å². The molecule has 0 bridgehead atoms. The summed E-state index contributed by atoms with van der Waals surface area (Å²) in [5, 5.41) is 5.92. The van der Waals surface area contributed by atoms with Gasteiger partial charge in [0.05, 0.1) is 25.8 Å². The summed E-state index contributed by atoms with van der Waals surface area (Å²) in [6, 6.07) is 5.31. The Morgan fingerprint density at radius 3 is 2.65 bits per heavy atom. The number of hydrogen-bond acceptors (Lipinski definition) is 4. The number of carbonyl (C=O) groups excluding carboxylic acids is 1. The number of ether oxygens (including phenoxy) is 2. The van der Waals surface area contributed by atoms with E-state index in [1.54, 1.807) is 32.4 Å². The number of benzene rings is 1. The SMILES string of the molecule is COc1ccc(NC(=O)C2CNC2)c(OC)c1. The van der Waals surface area contributed by atoms with Crippen molar-refractivity contribution in [2.24, 2.45) is 5.92 Å². The van der Waals surface area contributed by atoms with Crippen LogP contribution >= 0.6 is 0 Å². The largest absolute Gasteiger partial charge is 0.497 e. The highest BCUT2D eigenvalue weighted by atomic mass is 16.5. The van der Waals surface area contributed by atoms with Gasteiger partial charge in [-0.25, -0.2) is 0 Å². The molecule has 0 unspecified atom stereocenters. The van der Waals surface area contributed by atoms with Gasteiger partial charge in [-0.15, -0.1) is 0 Å². The van der Waals surface area contributed by atoms with Crippen LogP contribution in [0.2, 0.25) is 0 Å². The minimum absolute atomic E-state index is 0.0206. The smallest absolute Gasteiger partial charge is 0.230 e. The molecule has 92 valence electrons. The number of hydrogen-bond donors (Lipinski definition) is 2. The maximum absolute atomic E-state index is 11.8. The van der Waals surface area contributed by atoms with E-state index in [-0.39, 0.29) is 11.8 Å². The van der Waals surface area contributed by atoms with E-state index in [0.717, 1.165) is 13.1 Å². The maximum atomic E-state index is 11.8. The topological polar surface area (TPSA) is 59.6 Å². The molecule has 1 saturated heterocycles. The van der Waals surface area contributed by atoms with Crippen molar-refractivity contribution in [3.63, 3.8) is 0 Å². The van der Waals surface area contributed by atoms with Crippen molar-refractivity contribution >= 4 is 11.6 Å². The summed E-state index contributed by atoms with van der Waals surface area (Å²) in [5.41, 5.74) is 0.671. The second-order valence-corrected chi connectivity index (χ2v) is 3.91. The second kappa shape index (κ2) is 5.05. The molecule has 2 N–H and O–H groups in total. The molecule has 2 rings (SSSR count). The first-order valence-corrected chi connectivity index (χ1v) is 5.48. The second-order valence-electron chi connectivity index (χ2n) is 3.91. The zero-order valence-corrected chi connectivity index (χ0v) is 9.95. The van der Waals surface area contributed by atoms with Gasteiger partial charge in [0.2, 0.25) is 5.91 Å². The molecule has 1 fully saturated rings. The van der Waals surface area contributed by atoms with Gasteiger partial charge in [-0.2, -0.15) is 0 Å². The maximum Gasteiger partial charge on any atom is 0.230 e. The van der Waals surface area contributed by atoms with Crippen LogP contribution < -0.4 is 20.1 Å². The number of carbonyl (C=O) groups is 1. The molecule has 0 aromatic heterocycles. The summed E-state index contributed by atoms with van der Waals surface area (Å²) in [6.45, 7) is 1.48. The molecule has 1 aromatic carbocycles. The van der Waals surface area contributed by atoms with E-state index in [0.29, 0.717) is 17.2 Å². The van der Waals surface area contributed by atoms with Gasteiger partial charge in [0.15, 0.2) is 0 Å². The highest BCUT2D eigenvalue weighted by molar-refractivity contribution is 5.94. The summed E-state index contributed by atoms with van der Waals surface area (Å²) in [6.07, 6.45) is 0. The van der Waals surface area contributed by atoms with Gasteiger partial charge in [-0.1, -0.05) is 0 Å². The predicted octanol–water partition coefficient (Wildman–Crippen LogP) is 0.862. The standard InChI is InChI=1S/C12H16N2O3/c1-16-9-3-4-10(11(5-9)17-2)14-12(15)8-6-13-7-8/h3-5,8,13H,6-7H2,1-2H3,(H,14,15). The van der Waals surface area contributed by atoms with E-state index in [4.69, 9.17) is 9.47 Å². The van der Waals surface area contributed by atoms with E-state index in [1.807, 2.05) is 0 Å². The Balaban J connectivity index is 2.11. The monoisotopic (exact) mass is 236 g/mol. The summed E-state index contributed by atoms with van der Waals surface area (Å²) in [4.78, 5) is 11.8. The average Bonchev–Trinajstić information content (AvgIpc) is 2.27. The lowest BCUT2D eigenvalue weighted by molar-refractivity contribution is -0.121. The van der Waals surface area contributed by atoms with Crippen molar-refractivity contribution in [1.29, 1.82) is 0 Å². The van der Waals surface area contributed by atoms with Crippen molar-refractivity contribution in [2.45, 2.75) is 0 Å². The first-order valence-electron chi connectivity index (χ1n) is 5.48. The zero-order valence-electron chi connectivity index (χ0n) is 9.95. The molecule has 0 spiro atoms. The summed E-state index contributed by atoms with van der Waals surface area (Å²) in [7, 11) is 3.16. The Morgan fingerprint density at radius 2 is 2.12 bits per heavy atom. The molecular formula is C12H16N2O3. The molecular weight excluding hydrogens is 220 g/mol. The van der Waals surface area contributed by atoms with Crippen LogP contribution in [0.15, 0.2) is 18.2 Å². The lowest BCUT2D eigenvalue weighted by Crippen LogP contribution is -2.48. The van der Waals surface area contributed by atoms with Crippen molar-refractivity contribution < 1.29 is 14.3 Å². The molecule has 0 atom stereocenters. The van der Waals surface area contributed by atoms with Gasteiger partial charge in [-0.3, -0.25) is 4.79 Å². The molecule has 1 aliphatic heterocycles. The number of nitrogens with one attached hydrogen (secondary N) is 2. The van der Waals surface area contributed by atoms with Gasteiger partial charge in [-0.05, 0) is 12.1 Å². The Hall–Kier alpha value is -1.75. The fraction of sp³-hybridized carbons (Fsp3) is 0.417. The zero-order chi connectivity index (χ0) is 12.3. The van der Waals surface area contributed by atoms with E-state index in [9.17, 15) is 4.79 Å². The highest BCUT2D eigenvalue weighted by Gasteiger charge is 2.25. The number of methoxy groups -OCH3 is 2. The molecule has 1 amide bonds. The molecule has 17 heavy (non-hydrogen) atoms. The van der Waals surface area contributed by atoms with E-state index < -0.39 is 0 Å². The number of rotatable bonds is 4. The van der Waals surface area contributed by atoms with Gasteiger partial charge in [0.1, 0.15) is 11.5 Å². The van der Waals surface area contributed by atoms with Gasteiger partial charge >= 0.3 is 0 Å². The molecule has 5 nitrogen and oxygen atoms in total. The lowest BCUT2D eigenvalue weighted by atomic mass is 10.0. The Labute approximate surface area is 100 Å². The van der Waals surface area contributed by atoms with Crippen LogP contribution in [0.4, 0.5) is 5.69 Å². The fourth-order valence-electron chi connectivity index (χ4n) is 1.61.